The molecular formula is C27H21ClN2O4. The van der Waals surface area contributed by atoms with Gasteiger partial charge in [0.2, 0.25) is 0 Å². The first-order valence-corrected chi connectivity index (χ1v) is 11.1. The van der Waals surface area contributed by atoms with Crippen LogP contribution in [-0.2, 0) is 9.59 Å². The van der Waals surface area contributed by atoms with Crippen molar-refractivity contribution in [2.45, 2.75) is 13.0 Å². The monoisotopic (exact) mass is 472 g/mol. The SMILES string of the molecule is COc1ccccc1/C(O)=C1\C(=O)C(=O)N(c2cccc(Cl)c2)C1c1c(C)[nH]c2ccccc12. The largest absolute Gasteiger partial charge is 0.507 e. The summed E-state index contributed by atoms with van der Waals surface area (Å²) in [5.41, 5.74) is 3.16. The molecule has 1 aromatic heterocycles. The van der Waals surface area contributed by atoms with E-state index >= 15 is 0 Å². The summed E-state index contributed by atoms with van der Waals surface area (Å²) in [5.74, 6) is -1.43. The maximum absolute atomic E-state index is 13.4. The summed E-state index contributed by atoms with van der Waals surface area (Å²) in [7, 11) is 1.48. The number of ether oxygens (including phenoxy) is 1. The number of methoxy groups -OCH3 is 1. The number of H-pyrrole nitrogens is 1. The Labute approximate surface area is 201 Å². The molecule has 0 bridgehead atoms. The third kappa shape index (κ3) is 3.35. The topological polar surface area (TPSA) is 82.6 Å². The zero-order valence-electron chi connectivity index (χ0n) is 18.5. The predicted molar refractivity (Wildman–Crippen MR) is 132 cm³/mol. The number of Topliss-reactive ketones (excluding diaryl/α,β-unsaturated/α-hetero) is 1. The van der Waals surface area contributed by atoms with Gasteiger partial charge in [0.15, 0.2) is 0 Å². The number of para-hydroxylation sites is 2. The lowest BCUT2D eigenvalue weighted by atomic mass is 9.93. The summed E-state index contributed by atoms with van der Waals surface area (Å²) >= 11 is 6.23. The smallest absolute Gasteiger partial charge is 0.300 e. The first-order chi connectivity index (χ1) is 16.4. The van der Waals surface area contributed by atoms with Crippen molar-refractivity contribution in [3.05, 3.63) is 100 Å². The fourth-order valence-corrected chi connectivity index (χ4v) is 4.82. The predicted octanol–water partition coefficient (Wildman–Crippen LogP) is 5.76. The number of nitrogens with zero attached hydrogens (tertiary/aromatic N) is 1. The number of aliphatic hydroxyl groups excluding tert-OH is 1. The number of hydrogen-bond acceptors (Lipinski definition) is 4. The Hall–Kier alpha value is -4.03. The number of rotatable bonds is 4. The summed E-state index contributed by atoms with van der Waals surface area (Å²) in [4.78, 5) is 31.6. The highest BCUT2D eigenvalue weighted by atomic mass is 35.5. The van der Waals surface area contributed by atoms with Gasteiger partial charge in [0.05, 0.1) is 24.3 Å². The molecular weight excluding hydrogens is 452 g/mol. The second kappa shape index (κ2) is 8.39. The molecule has 0 radical (unpaired) electrons. The van der Waals surface area contributed by atoms with Crippen molar-refractivity contribution in [3.63, 3.8) is 0 Å². The molecule has 170 valence electrons. The molecule has 1 unspecified atom stereocenters. The Morgan fingerprint density at radius 1 is 1.03 bits per heavy atom. The first-order valence-electron chi connectivity index (χ1n) is 10.7. The highest BCUT2D eigenvalue weighted by Crippen LogP contribution is 2.46. The van der Waals surface area contributed by atoms with Crippen molar-refractivity contribution >= 4 is 45.6 Å². The van der Waals surface area contributed by atoms with E-state index in [9.17, 15) is 14.7 Å². The van der Waals surface area contributed by atoms with Gasteiger partial charge in [-0.25, -0.2) is 0 Å². The minimum absolute atomic E-state index is 0.0117. The zero-order valence-corrected chi connectivity index (χ0v) is 19.3. The average Bonchev–Trinajstić information content (AvgIpc) is 3.30. The van der Waals surface area contributed by atoms with Crippen molar-refractivity contribution in [2.75, 3.05) is 12.0 Å². The van der Waals surface area contributed by atoms with Gasteiger partial charge in [0, 0.05) is 32.9 Å². The molecule has 1 fully saturated rings. The fourth-order valence-electron chi connectivity index (χ4n) is 4.63. The zero-order chi connectivity index (χ0) is 24.0. The number of ketones is 1. The molecule has 34 heavy (non-hydrogen) atoms. The number of carbonyl (C=O) groups excluding carboxylic acids is 2. The van der Waals surface area contributed by atoms with Crippen LogP contribution in [0, 0.1) is 6.92 Å². The number of benzene rings is 3. The molecule has 1 aliphatic rings. The van der Waals surface area contributed by atoms with Gasteiger partial charge in [-0.15, -0.1) is 0 Å². The van der Waals surface area contributed by atoms with Crippen molar-refractivity contribution in [1.29, 1.82) is 0 Å². The Balaban J connectivity index is 1.84. The maximum atomic E-state index is 13.4. The summed E-state index contributed by atoms with van der Waals surface area (Å²) < 4.78 is 5.41. The number of amides is 1. The molecule has 1 atom stereocenters. The number of aromatic nitrogens is 1. The molecule has 1 saturated heterocycles. The molecule has 1 aliphatic heterocycles. The maximum Gasteiger partial charge on any atom is 0.300 e. The number of fused-ring (bicyclic) bond motifs is 1. The lowest BCUT2D eigenvalue weighted by molar-refractivity contribution is -0.132. The van der Waals surface area contributed by atoms with Crippen LogP contribution in [-0.4, -0.2) is 28.9 Å². The number of carbonyl (C=O) groups is 2. The summed E-state index contributed by atoms with van der Waals surface area (Å²) in [6.07, 6.45) is 0. The van der Waals surface area contributed by atoms with Crippen LogP contribution in [0.4, 0.5) is 5.69 Å². The lowest BCUT2D eigenvalue weighted by Gasteiger charge is -2.26. The van der Waals surface area contributed by atoms with E-state index in [2.05, 4.69) is 4.98 Å². The molecule has 1 amide bonds. The highest BCUT2D eigenvalue weighted by Gasteiger charge is 2.48. The second-order valence-corrected chi connectivity index (χ2v) is 8.49. The molecule has 5 rings (SSSR count). The number of halogens is 1. The number of aryl methyl sites for hydroxylation is 1. The molecule has 0 spiro atoms. The van der Waals surface area contributed by atoms with Gasteiger partial charge in [0.25, 0.3) is 11.7 Å². The van der Waals surface area contributed by atoms with E-state index in [0.717, 1.165) is 22.2 Å². The third-order valence-corrected chi connectivity index (χ3v) is 6.34. The molecule has 0 saturated carbocycles. The molecule has 3 aromatic carbocycles. The van der Waals surface area contributed by atoms with Gasteiger partial charge in [-0.05, 0) is 43.3 Å². The third-order valence-electron chi connectivity index (χ3n) is 6.11. The van der Waals surface area contributed by atoms with Crippen molar-refractivity contribution in [2.24, 2.45) is 0 Å². The van der Waals surface area contributed by atoms with E-state index in [4.69, 9.17) is 16.3 Å². The van der Waals surface area contributed by atoms with E-state index in [1.807, 2.05) is 31.2 Å². The Morgan fingerprint density at radius 3 is 2.53 bits per heavy atom. The van der Waals surface area contributed by atoms with Crippen LogP contribution < -0.4 is 9.64 Å². The number of nitrogens with one attached hydrogen (secondary N) is 1. The number of anilines is 1. The lowest BCUT2D eigenvalue weighted by Crippen LogP contribution is -2.29. The van der Waals surface area contributed by atoms with Crippen LogP contribution in [0.5, 0.6) is 5.75 Å². The number of aliphatic hydroxyl groups is 1. The van der Waals surface area contributed by atoms with Gasteiger partial charge < -0.3 is 14.8 Å². The van der Waals surface area contributed by atoms with Gasteiger partial charge >= 0.3 is 0 Å². The summed E-state index contributed by atoms with van der Waals surface area (Å²) in [5, 5.41) is 12.7. The van der Waals surface area contributed by atoms with Crippen LogP contribution in [0.25, 0.3) is 16.7 Å². The van der Waals surface area contributed by atoms with Crippen molar-refractivity contribution in [1.82, 2.24) is 4.98 Å². The number of aromatic amines is 1. The van der Waals surface area contributed by atoms with E-state index in [0.29, 0.717) is 22.0 Å². The van der Waals surface area contributed by atoms with Gasteiger partial charge in [-0.1, -0.05) is 48.0 Å². The standard InChI is InChI=1S/C27H21ClN2O4/c1-15-22(18-10-3-5-12-20(18)29-15)24-23(25(31)19-11-4-6-13-21(19)34-2)26(32)27(33)30(24)17-9-7-8-16(28)14-17/h3-14,24,29,31H,1-2H3/b25-23+. The molecule has 7 heteroatoms. The summed E-state index contributed by atoms with van der Waals surface area (Å²) in [6.45, 7) is 1.89. The van der Waals surface area contributed by atoms with Crippen LogP contribution in [0.15, 0.2) is 78.4 Å². The van der Waals surface area contributed by atoms with Gasteiger partial charge in [-0.2, -0.15) is 0 Å². The summed E-state index contributed by atoms with van der Waals surface area (Å²) in [6, 6.07) is 20.4. The van der Waals surface area contributed by atoms with E-state index in [1.165, 1.54) is 12.0 Å². The van der Waals surface area contributed by atoms with Crippen LogP contribution in [0.3, 0.4) is 0 Å². The number of hydrogen-bond donors (Lipinski definition) is 2. The van der Waals surface area contributed by atoms with Gasteiger partial charge in [-0.3, -0.25) is 14.5 Å². The Bertz CT molecular complexity index is 1490. The Kier molecular flexibility index (Phi) is 5.38. The second-order valence-electron chi connectivity index (χ2n) is 8.06. The van der Waals surface area contributed by atoms with E-state index in [1.54, 1.807) is 48.5 Å². The molecule has 0 aliphatic carbocycles. The van der Waals surface area contributed by atoms with Crippen LogP contribution >= 0.6 is 11.6 Å². The van der Waals surface area contributed by atoms with Crippen molar-refractivity contribution in [3.8, 4) is 5.75 Å². The molecule has 2 N–H and O–H groups in total. The van der Waals surface area contributed by atoms with E-state index < -0.39 is 17.7 Å². The van der Waals surface area contributed by atoms with Crippen LogP contribution in [0.2, 0.25) is 5.02 Å². The highest BCUT2D eigenvalue weighted by molar-refractivity contribution is 6.52. The fraction of sp³-hybridized carbons (Fsp3) is 0.111. The van der Waals surface area contributed by atoms with Crippen LogP contribution in [0.1, 0.15) is 22.9 Å². The van der Waals surface area contributed by atoms with Gasteiger partial charge in [0.1, 0.15) is 11.5 Å². The average molecular weight is 473 g/mol. The minimum Gasteiger partial charge on any atom is -0.507 e. The molecule has 6 nitrogen and oxygen atoms in total. The quantitative estimate of drug-likeness (QED) is 0.224. The minimum atomic E-state index is -0.875. The normalized spacial score (nSPS) is 17.5. The molecule has 2 heterocycles. The Morgan fingerprint density at radius 2 is 1.76 bits per heavy atom. The molecule has 4 aromatic rings. The first kappa shape index (κ1) is 21.8. The van der Waals surface area contributed by atoms with E-state index in [-0.39, 0.29) is 11.3 Å². The van der Waals surface area contributed by atoms with Crippen molar-refractivity contribution < 1.29 is 19.4 Å².